The Morgan fingerprint density at radius 1 is 1.17 bits per heavy atom. The van der Waals surface area contributed by atoms with Crippen LogP contribution in [0.3, 0.4) is 0 Å². The van der Waals surface area contributed by atoms with Gasteiger partial charge in [-0.2, -0.15) is 5.10 Å². The number of aromatic amines is 1. The fourth-order valence-electron chi connectivity index (χ4n) is 2.49. The second-order valence-corrected chi connectivity index (χ2v) is 4.56. The summed E-state index contributed by atoms with van der Waals surface area (Å²) in [7, 11) is 0. The van der Waals surface area contributed by atoms with Crippen LogP contribution in [0.25, 0.3) is 11.1 Å². The highest BCUT2D eigenvalue weighted by atomic mass is 19.1. The Bertz CT molecular complexity index is 532. The molecule has 0 atom stereocenters. The summed E-state index contributed by atoms with van der Waals surface area (Å²) in [4.78, 5) is 0. The predicted octanol–water partition coefficient (Wildman–Crippen LogP) is 3.11. The Morgan fingerprint density at radius 3 is 2.72 bits per heavy atom. The first-order valence-corrected chi connectivity index (χ1v) is 6.22. The maximum atomic E-state index is 13.8. The van der Waals surface area contributed by atoms with Gasteiger partial charge in [0.1, 0.15) is 5.82 Å². The third-order valence-electron chi connectivity index (χ3n) is 3.46. The molecule has 1 aromatic carbocycles. The first-order valence-electron chi connectivity index (χ1n) is 6.22. The van der Waals surface area contributed by atoms with E-state index in [9.17, 15) is 4.39 Å². The van der Waals surface area contributed by atoms with Crippen molar-refractivity contribution >= 4 is 0 Å². The molecule has 0 radical (unpaired) electrons. The van der Waals surface area contributed by atoms with Crippen LogP contribution in [0.2, 0.25) is 0 Å². The Labute approximate surface area is 105 Å². The Morgan fingerprint density at radius 2 is 1.94 bits per heavy atom. The summed E-state index contributed by atoms with van der Waals surface area (Å²) < 4.78 is 19.2. The van der Waals surface area contributed by atoms with Gasteiger partial charge in [0.05, 0.1) is 6.20 Å². The average Bonchev–Trinajstić information content (AvgIpc) is 2.89. The van der Waals surface area contributed by atoms with Gasteiger partial charge in [0.2, 0.25) is 0 Å². The number of benzene rings is 1. The molecule has 1 aliphatic heterocycles. The number of nitrogens with zero attached hydrogens (tertiary/aromatic N) is 1. The number of halogens is 1. The number of H-pyrrole nitrogens is 1. The van der Waals surface area contributed by atoms with E-state index in [1.54, 1.807) is 18.3 Å². The van der Waals surface area contributed by atoms with Gasteiger partial charge < -0.3 is 4.74 Å². The van der Waals surface area contributed by atoms with Crippen LogP contribution in [-0.4, -0.2) is 23.4 Å². The molecule has 1 aromatic heterocycles. The average molecular weight is 246 g/mol. The summed E-state index contributed by atoms with van der Waals surface area (Å²) >= 11 is 0. The third kappa shape index (κ3) is 2.04. The molecule has 3 rings (SSSR count). The summed E-state index contributed by atoms with van der Waals surface area (Å²) in [5.74, 6) is 0.183. The van der Waals surface area contributed by atoms with Crippen LogP contribution < -0.4 is 0 Å². The second-order valence-electron chi connectivity index (χ2n) is 4.56. The number of hydrogen-bond donors (Lipinski definition) is 1. The van der Waals surface area contributed by atoms with Crippen molar-refractivity contribution in [2.45, 2.75) is 18.8 Å². The van der Waals surface area contributed by atoms with Gasteiger partial charge in [0.15, 0.2) is 0 Å². The normalized spacial score (nSPS) is 16.9. The highest BCUT2D eigenvalue weighted by molar-refractivity contribution is 5.66. The maximum absolute atomic E-state index is 13.8. The summed E-state index contributed by atoms with van der Waals surface area (Å²) in [5, 5.41) is 7.11. The fourth-order valence-corrected chi connectivity index (χ4v) is 2.49. The van der Waals surface area contributed by atoms with Crippen molar-refractivity contribution in [3.8, 4) is 11.1 Å². The number of ether oxygens (including phenoxy) is 1. The van der Waals surface area contributed by atoms with Crippen molar-refractivity contribution in [1.29, 1.82) is 0 Å². The summed E-state index contributed by atoms with van der Waals surface area (Å²) in [6.45, 7) is 1.53. The van der Waals surface area contributed by atoms with Gasteiger partial charge in [-0.05, 0) is 18.9 Å². The van der Waals surface area contributed by atoms with Gasteiger partial charge >= 0.3 is 0 Å². The molecule has 18 heavy (non-hydrogen) atoms. The SMILES string of the molecule is Fc1ccccc1-c1cn[nH]c1C1CCOCC1. The first kappa shape index (κ1) is 11.4. The van der Waals surface area contributed by atoms with E-state index in [4.69, 9.17) is 4.74 Å². The molecule has 0 spiro atoms. The quantitative estimate of drug-likeness (QED) is 0.884. The first-order chi connectivity index (χ1) is 8.86. The van der Waals surface area contributed by atoms with E-state index in [0.29, 0.717) is 11.5 Å². The van der Waals surface area contributed by atoms with Crippen molar-refractivity contribution < 1.29 is 9.13 Å². The Hall–Kier alpha value is -1.68. The van der Waals surface area contributed by atoms with Crippen LogP contribution >= 0.6 is 0 Å². The van der Waals surface area contributed by atoms with Gasteiger partial charge in [0.25, 0.3) is 0 Å². The molecule has 0 unspecified atom stereocenters. The van der Waals surface area contributed by atoms with E-state index >= 15 is 0 Å². The van der Waals surface area contributed by atoms with Crippen molar-refractivity contribution in [1.82, 2.24) is 10.2 Å². The molecule has 3 nitrogen and oxygen atoms in total. The molecule has 1 N–H and O–H groups in total. The van der Waals surface area contributed by atoms with Crippen molar-refractivity contribution in [2.75, 3.05) is 13.2 Å². The molecular formula is C14H15FN2O. The van der Waals surface area contributed by atoms with E-state index in [2.05, 4.69) is 10.2 Å². The Balaban J connectivity index is 1.98. The molecule has 2 heterocycles. The molecular weight excluding hydrogens is 231 g/mol. The number of nitrogens with one attached hydrogen (secondary N) is 1. The lowest BCUT2D eigenvalue weighted by molar-refractivity contribution is 0.0846. The van der Waals surface area contributed by atoms with E-state index < -0.39 is 0 Å². The maximum Gasteiger partial charge on any atom is 0.131 e. The lowest BCUT2D eigenvalue weighted by Gasteiger charge is -2.22. The van der Waals surface area contributed by atoms with Crippen LogP contribution in [0.4, 0.5) is 4.39 Å². The minimum absolute atomic E-state index is 0.202. The zero-order valence-corrected chi connectivity index (χ0v) is 10.0. The van der Waals surface area contributed by atoms with Crippen LogP contribution in [0.15, 0.2) is 30.5 Å². The van der Waals surface area contributed by atoms with Crippen molar-refractivity contribution in [3.05, 3.63) is 42.0 Å². The number of rotatable bonds is 2. The van der Waals surface area contributed by atoms with Crippen LogP contribution in [0.1, 0.15) is 24.5 Å². The minimum Gasteiger partial charge on any atom is -0.381 e. The third-order valence-corrected chi connectivity index (χ3v) is 3.46. The zero-order chi connectivity index (χ0) is 12.4. The van der Waals surface area contributed by atoms with Crippen molar-refractivity contribution in [3.63, 3.8) is 0 Å². The number of hydrogen-bond acceptors (Lipinski definition) is 2. The number of aromatic nitrogens is 2. The van der Waals surface area contributed by atoms with Crippen LogP contribution in [-0.2, 0) is 4.74 Å². The molecule has 0 amide bonds. The molecule has 94 valence electrons. The topological polar surface area (TPSA) is 37.9 Å². The van der Waals surface area contributed by atoms with Crippen molar-refractivity contribution in [2.24, 2.45) is 0 Å². The molecule has 1 fully saturated rings. The van der Waals surface area contributed by atoms with E-state index in [-0.39, 0.29) is 5.82 Å². The van der Waals surface area contributed by atoms with Gasteiger partial charge in [-0.15, -0.1) is 0 Å². The smallest absolute Gasteiger partial charge is 0.131 e. The highest BCUT2D eigenvalue weighted by Crippen LogP contribution is 2.34. The predicted molar refractivity (Wildman–Crippen MR) is 66.8 cm³/mol. The van der Waals surface area contributed by atoms with Crippen LogP contribution in [0.5, 0.6) is 0 Å². The standard InChI is InChI=1S/C14H15FN2O/c15-13-4-2-1-3-11(13)12-9-16-17-14(12)10-5-7-18-8-6-10/h1-4,9-10H,5-8H2,(H,16,17). The fraction of sp³-hybridized carbons (Fsp3) is 0.357. The van der Waals surface area contributed by atoms with Gasteiger partial charge in [-0.25, -0.2) is 4.39 Å². The minimum atomic E-state index is -0.202. The van der Waals surface area contributed by atoms with E-state index in [0.717, 1.165) is 37.3 Å². The van der Waals surface area contributed by atoms with Gasteiger partial charge in [0, 0.05) is 36.0 Å². The second kappa shape index (κ2) is 4.90. The van der Waals surface area contributed by atoms with Gasteiger partial charge in [-0.3, -0.25) is 5.10 Å². The summed E-state index contributed by atoms with van der Waals surface area (Å²) in [6, 6.07) is 6.82. The van der Waals surface area contributed by atoms with Gasteiger partial charge in [-0.1, -0.05) is 18.2 Å². The van der Waals surface area contributed by atoms with Crippen LogP contribution in [0, 0.1) is 5.82 Å². The summed E-state index contributed by atoms with van der Waals surface area (Å²) in [5.41, 5.74) is 2.52. The molecule has 1 aliphatic rings. The Kier molecular flexibility index (Phi) is 3.11. The molecule has 1 saturated heterocycles. The summed E-state index contributed by atoms with van der Waals surface area (Å²) in [6.07, 6.45) is 3.64. The van der Waals surface area contributed by atoms with E-state index in [1.165, 1.54) is 6.07 Å². The molecule has 0 aliphatic carbocycles. The largest absolute Gasteiger partial charge is 0.381 e. The highest BCUT2D eigenvalue weighted by Gasteiger charge is 2.22. The zero-order valence-electron chi connectivity index (χ0n) is 10.0. The molecule has 0 saturated carbocycles. The monoisotopic (exact) mass is 246 g/mol. The molecule has 2 aromatic rings. The lowest BCUT2D eigenvalue weighted by Crippen LogP contribution is -2.15. The van der Waals surface area contributed by atoms with E-state index in [1.807, 2.05) is 6.07 Å². The molecule has 0 bridgehead atoms. The lowest BCUT2D eigenvalue weighted by atomic mass is 9.91. The molecule has 4 heteroatoms.